The number of rotatable bonds is 2. The summed E-state index contributed by atoms with van der Waals surface area (Å²) in [5.41, 5.74) is 1.54. The highest BCUT2D eigenvalue weighted by molar-refractivity contribution is 9.10. The van der Waals surface area contributed by atoms with Gasteiger partial charge in [-0.15, -0.1) is 0 Å². The molecule has 0 radical (unpaired) electrons. The van der Waals surface area contributed by atoms with Crippen LogP contribution in [-0.2, 0) is 4.74 Å². The number of Topliss-reactive ketones (excluding diaryl/α,β-unsaturated/α-hetero) is 1. The van der Waals surface area contributed by atoms with E-state index in [0.29, 0.717) is 16.9 Å². The largest absolute Gasteiger partial charge is 0.465 e. The first-order valence-corrected chi connectivity index (χ1v) is 7.30. The third kappa shape index (κ3) is 2.67. The van der Waals surface area contributed by atoms with Gasteiger partial charge in [0, 0.05) is 4.47 Å². The van der Waals surface area contributed by atoms with Gasteiger partial charge in [-0.2, -0.15) is 0 Å². The van der Waals surface area contributed by atoms with E-state index in [4.69, 9.17) is 4.74 Å². The van der Waals surface area contributed by atoms with E-state index >= 15 is 0 Å². The van der Waals surface area contributed by atoms with E-state index in [1.54, 1.807) is 18.2 Å². The molecule has 0 atom stereocenters. The monoisotopic (exact) mass is 358 g/mol. The molecule has 0 fully saturated rings. The van der Waals surface area contributed by atoms with E-state index in [1.807, 2.05) is 24.3 Å². The minimum Gasteiger partial charge on any atom is -0.465 e. The number of ketones is 1. The summed E-state index contributed by atoms with van der Waals surface area (Å²) >= 11 is 3.36. The summed E-state index contributed by atoms with van der Waals surface area (Å²) in [4.78, 5) is 23.9. The summed E-state index contributed by atoms with van der Waals surface area (Å²) in [6, 6.07) is 12.2. The average Bonchev–Trinajstić information content (AvgIpc) is 2.84. The number of benzene rings is 2. The molecule has 1 aliphatic heterocycles. The fraction of sp³-hybridized carbons (Fsp3) is 0.0588. The number of hydrogen-bond acceptors (Lipinski definition) is 4. The van der Waals surface area contributed by atoms with Crippen LogP contribution in [0.15, 0.2) is 52.7 Å². The number of allylic oxidation sites excluding steroid dienone is 1. The first-order chi connectivity index (χ1) is 10.6. The molecule has 2 aromatic rings. The molecule has 0 saturated carbocycles. The molecule has 5 heteroatoms. The van der Waals surface area contributed by atoms with Crippen LogP contribution in [0.25, 0.3) is 6.08 Å². The number of ether oxygens (including phenoxy) is 2. The van der Waals surface area contributed by atoms with Crippen LogP contribution in [-0.4, -0.2) is 18.9 Å². The fourth-order valence-electron chi connectivity index (χ4n) is 2.14. The third-order valence-corrected chi connectivity index (χ3v) is 3.79. The van der Waals surface area contributed by atoms with E-state index in [1.165, 1.54) is 13.2 Å². The molecule has 1 aliphatic rings. The molecular formula is C17H11BrO4. The molecule has 0 aliphatic carbocycles. The van der Waals surface area contributed by atoms with Gasteiger partial charge in [0.2, 0.25) is 5.78 Å². The molecule has 0 unspecified atom stereocenters. The molecule has 0 amide bonds. The third-order valence-electron chi connectivity index (χ3n) is 3.26. The Bertz CT molecular complexity index is 791. The second-order valence-electron chi connectivity index (χ2n) is 4.69. The quantitative estimate of drug-likeness (QED) is 0.604. The van der Waals surface area contributed by atoms with Crippen LogP contribution in [0.3, 0.4) is 0 Å². The zero-order valence-corrected chi connectivity index (χ0v) is 13.2. The van der Waals surface area contributed by atoms with Crippen molar-refractivity contribution in [3.63, 3.8) is 0 Å². The lowest BCUT2D eigenvalue weighted by molar-refractivity contribution is 0.0600. The van der Waals surface area contributed by atoms with Gasteiger partial charge in [-0.1, -0.05) is 28.1 Å². The zero-order chi connectivity index (χ0) is 15.7. The minimum atomic E-state index is -0.485. The molecule has 0 bridgehead atoms. The minimum absolute atomic E-state index is 0.235. The van der Waals surface area contributed by atoms with E-state index < -0.39 is 5.97 Å². The van der Waals surface area contributed by atoms with Crippen LogP contribution < -0.4 is 4.74 Å². The van der Waals surface area contributed by atoms with Gasteiger partial charge in [0.05, 0.1) is 18.2 Å². The lowest BCUT2D eigenvalue weighted by Crippen LogP contribution is -2.02. The molecule has 1 heterocycles. The summed E-state index contributed by atoms with van der Waals surface area (Å²) < 4.78 is 11.2. The Hall–Kier alpha value is -2.40. The summed E-state index contributed by atoms with van der Waals surface area (Å²) in [6.45, 7) is 0. The van der Waals surface area contributed by atoms with Crippen LogP contribution in [0.4, 0.5) is 0 Å². The number of carbonyl (C=O) groups is 2. The lowest BCUT2D eigenvalue weighted by atomic mass is 10.1. The number of hydrogen-bond donors (Lipinski definition) is 0. The van der Waals surface area contributed by atoms with Crippen molar-refractivity contribution in [1.29, 1.82) is 0 Å². The van der Waals surface area contributed by atoms with Gasteiger partial charge in [-0.05, 0) is 42.0 Å². The van der Waals surface area contributed by atoms with Gasteiger partial charge in [0.1, 0.15) is 5.75 Å². The van der Waals surface area contributed by atoms with E-state index in [0.717, 1.165) is 10.0 Å². The van der Waals surface area contributed by atoms with Crippen molar-refractivity contribution < 1.29 is 19.1 Å². The van der Waals surface area contributed by atoms with Crippen molar-refractivity contribution in [3.8, 4) is 5.75 Å². The topological polar surface area (TPSA) is 52.6 Å². The fourth-order valence-corrected chi connectivity index (χ4v) is 2.41. The Labute approximate surface area is 135 Å². The smallest absolute Gasteiger partial charge is 0.337 e. The highest BCUT2D eigenvalue weighted by Crippen LogP contribution is 2.32. The number of esters is 1. The Morgan fingerprint density at radius 3 is 2.59 bits per heavy atom. The molecule has 2 aromatic carbocycles. The summed E-state index contributed by atoms with van der Waals surface area (Å²) in [5.74, 6) is -0.0510. The molecule has 0 saturated heterocycles. The Morgan fingerprint density at radius 2 is 1.91 bits per heavy atom. The standard InChI is InChI=1S/C17H11BrO4/c1-21-17(20)11-4-7-14-13(9-11)16(19)15(22-14)8-10-2-5-12(18)6-3-10/h2-9H,1H3/b15-8-. The molecule has 0 N–H and O–H groups in total. The average molecular weight is 359 g/mol. The van der Waals surface area contributed by atoms with Crippen molar-refractivity contribution in [3.05, 3.63) is 69.4 Å². The lowest BCUT2D eigenvalue weighted by Gasteiger charge is -2.00. The maximum Gasteiger partial charge on any atom is 0.337 e. The van der Waals surface area contributed by atoms with Crippen molar-refractivity contribution in [1.82, 2.24) is 0 Å². The van der Waals surface area contributed by atoms with Crippen molar-refractivity contribution in [2.45, 2.75) is 0 Å². The van der Waals surface area contributed by atoms with Crippen molar-refractivity contribution in [2.75, 3.05) is 7.11 Å². The first-order valence-electron chi connectivity index (χ1n) is 6.50. The number of fused-ring (bicyclic) bond motifs is 1. The molecular weight excluding hydrogens is 348 g/mol. The van der Waals surface area contributed by atoms with E-state index in [9.17, 15) is 9.59 Å². The van der Waals surface area contributed by atoms with Gasteiger partial charge in [0.15, 0.2) is 5.76 Å². The van der Waals surface area contributed by atoms with Crippen LogP contribution in [0, 0.1) is 0 Å². The van der Waals surface area contributed by atoms with Gasteiger partial charge in [0.25, 0.3) is 0 Å². The predicted octanol–water partition coefficient (Wildman–Crippen LogP) is 3.85. The number of carbonyl (C=O) groups excluding carboxylic acids is 2. The maximum atomic E-state index is 12.4. The summed E-state index contributed by atoms with van der Waals surface area (Å²) in [5, 5.41) is 0. The second kappa shape index (κ2) is 5.77. The molecule has 3 rings (SSSR count). The van der Waals surface area contributed by atoms with Crippen molar-refractivity contribution in [2.24, 2.45) is 0 Å². The van der Waals surface area contributed by atoms with Crippen LogP contribution in [0.5, 0.6) is 5.75 Å². The number of halogens is 1. The number of methoxy groups -OCH3 is 1. The molecule has 110 valence electrons. The van der Waals surface area contributed by atoms with Crippen LogP contribution >= 0.6 is 15.9 Å². The normalized spacial score (nSPS) is 14.6. The van der Waals surface area contributed by atoms with Gasteiger partial charge in [-0.3, -0.25) is 4.79 Å². The molecule has 22 heavy (non-hydrogen) atoms. The van der Waals surface area contributed by atoms with Crippen molar-refractivity contribution >= 4 is 33.8 Å². The van der Waals surface area contributed by atoms with Crippen LogP contribution in [0.1, 0.15) is 26.3 Å². The summed E-state index contributed by atoms with van der Waals surface area (Å²) in [7, 11) is 1.30. The zero-order valence-electron chi connectivity index (χ0n) is 11.6. The first kappa shape index (κ1) is 14.5. The second-order valence-corrected chi connectivity index (χ2v) is 5.61. The van der Waals surface area contributed by atoms with E-state index in [-0.39, 0.29) is 11.5 Å². The van der Waals surface area contributed by atoms with E-state index in [2.05, 4.69) is 20.7 Å². The Morgan fingerprint density at radius 1 is 1.18 bits per heavy atom. The highest BCUT2D eigenvalue weighted by atomic mass is 79.9. The van der Waals surface area contributed by atoms with Gasteiger partial charge >= 0.3 is 5.97 Å². The summed E-state index contributed by atoms with van der Waals surface area (Å²) in [6.07, 6.45) is 1.67. The highest BCUT2D eigenvalue weighted by Gasteiger charge is 2.28. The van der Waals surface area contributed by atoms with Gasteiger partial charge < -0.3 is 9.47 Å². The molecule has 4 nitrogen and oxygen atoms in total. The molecule has 0 spiro atoms. The van der Waals surface area contributed by atoms with Crippen LogP contribution in [0.2, 0.25) is 0 Å². The molecule has 0 aromatic heterocycles. The van der Waals surface area contributed by atoms with Gasteiger partial charge in [-0.25, -0.2) is 4.79 Å². The SMILES string of the molecule is COC(=O)c1ccc2c(c1)C(=O)/C(=C/c1ccc(Br)cc1)O2. The predicted molar refractivity (Wildman–Crippen MR) is 84.9 cm³/mol. The maximum absolute atomic E-state index is 12.4. The Balaban J connectivity index is 1.94. The Kier molecular flexibility index (Phi) is 3.81.